The van der Waals surface area contributed by atoms with Crippen LogP contribution in [0, 0.1) is 6.92 Å². The largest absolute Gasteiger partial charge is 0.309 e. The number of benzene rings is 1. The van der Waals surface area contributed by atoms with Crippen LogP contribution in [0.2, 0.25) is 0 Å². The number of rotatable bonds is 3. The van der Waals surface area contributed by atoms with Crippen LogP contribution >= 0.6 is 0 Å². The number of aryl methyl sites for hydroxylation is 1. The smallest absolute Gasteiger partial charge is 0.258 e. The van der Waals surface area contributed by atoms with Gasteiger partial charge in [0.15, 0.2) is 0 Å². The van der Waals surface area contributed by atoms with Gasteiger partial charge in [0.25, 0.3) is 5.56 Å². The first-order valence-corrected chi connectivity index (χ1v) is 8.21. The fourth-order valence-corrected chi connectivity index (χ4v) is 3.39. The first kappa shape index (κ1) is 15.0. The summed E-state index contributed by atoms with van der Waals surface area (Å²) >= 11 is 0. The molecule has 0 aliphatic carbocycles. The van der Waals surface area contributed by atoms with Crippen LogP contribution < -0.4 is 5.56 Å². The second-order valence-electron chi connectivity index (χ2n) is 6.25. The Morgan fingerprint density at radius 2 is 2.12 bits per heavy atom. The molecule has 1 N–H and O–H groups in total. The number of H-pyrrole nitrogens is 1. The molecular weight excluding hydrogens is 302 g/mol. The standard InChI is InChI=1S/C18H19N5O/c1-12-9-19-10-13(20-12)11-23-8-4-7-16(23)17-21-15-6-3-2-5-14(15)18(24)22-17/h2-3,5-6,9-10,16H,4,7-8,11H2,1H3,(H,21,22,24). The molecule has 1 unspecified atom stereocenters. The van der Waals surface area contributed by atoms with E-state index in [9.17, 15) is 4.79 Å². The fourth-order valence-electron chi connectivity index (χ4n) is 3.39. The molecule has 1 aliphatic rings. The van der Waals surface area contributed by atoms with Crippen LogP contribution in [0.1, 0.15) is 36.1 Å². The van der Waals surface area contributed by atoms with E-state index in [1.165, 1.54) is 0 Å². The van der Waals surface area contributed by atoms with Crippen molar-refractivity contribution in [1.29, 1.82) is 0 Å². The molecule has 0 radical (unpaired) electrons. The molecule has 1 saturated heterocycles. The molecule has 0 amide bonds. The molecule has 122 valence electrons. The Morgan fingerprint density at radius 1 is 1.25 bits per heavy atom. The van der Waals surface area contributed by atoms with Gasteiger partial charge in [-0.1, -0.05) is 12.1 Å². The number of likely N-dealkylation sites (tertiary alicyclic amines) is 1. The summed E-state index contributed by atoms with van der Waals surface area (Å²) in [5, 5.41) is 0.635. The SMILES string of the molecule is Cc1cncc(CN2CCCC2c2nc3ccccc3c(=O)[nH]2)n1. The molecule has 0 spiro atoms. The maximum Gasteiger partial charge on any atom is 0.258 e. The van der Waals surface area contributed by atoms with Crippen molar-refractivity contribution in [3.63, 3.8) is 0 Å². The molecule has 4 rings (SSSR count). The minimum atomic E-state index is -0.0715. The van der Waals surface area contributed by atoms with Gasteiger partial charge >= 0.3 is 0 Å². The van der Waals surface area contributed by atoms with Crippen LogP contribution in [0.5, 0.6) is 0 Å². The third-order valence-corrected chi connectivity index (χ3v) is 4.48. The third-order valence-electron chi connectivity index (χ3n) is 4.48. The summed E-state index contributed by atoms with van der Waals surface area (Å²) in [7, 11) is 0. The van der Waals surface area contributed by atoms with E-state index in [2.05, 4.69) is 19.9 Å². The maximum absolute atomic E-state index is 12.3. The predicted molar refractivity (Wildman–Crippen MR) is 91.5 cm³/mol. The Bertz CT molecular complexity index is 936. The summed E-state index contributed by atoms with van der Waals surface area (Å²) < 4.78 is 0. The molecule has 1 aliphatic heterocycles. The van der Waals surface area contributed by atoms with Gasteiger partial charge in [-0.05, 0) is 38.4 Å². The van der Waals surface area contributed by atoms with Crippen molar-refractivity contribution in [2.24, 2.45) is 0 Å². The van der Waals surface area contributed by atoms with E-state index in [1.807, 2.05) is 25.1 Å². The van der Waals surface area contributed by atoms with Gasteiger partial charge < -0.3 is 4.98 Å². The van der Waals surface area contributed by atoms with E-state index in [0.29, 0.717) is 5.39 Å². The number of hydrogen-bond acceptors (Lipinski definition) is 5. The molecule has 0 bridgehead atoms. The number of fused-ring (bicyclic) bond motifs is 1. The van der Waals surface area contributed by atoms with Gasteiger partial charge in [0.1, 0.15) is 5.82 Å². The van der Waals surface area contributed by atoms with Crippen molar-refractivity contribution >= 4 is 10.9 Å². The average Bonchev–Trinajstić information content (AvgIpc) is 3.03. The second-order valence-corrected chi connectivity index (χ2v) is 6.25. The molecule has 3 aromatic rings. The molecule has 6 nitrogen and oxygen atoms in total. The molecule has 6 heteroatoms. The highest BCUT2D eigenvalue weighted by Crippen LogP contribution is 2.30. The van der Waals surface area contributed by atoms with Crippen molar-refractivity contribution in [2.45, 2.75) is 32.4 Å². The van der Waals surface area contributed by atoms with Crippen molar-refractivity contribution in [3.05, 3.63) is 64.2 Å². The Morgan fingerprint density at radius 3 is 3.00 bits per heavy atom. The summed E-state index contributed by atoms with van der Waals surface area (Å²) in [6.07, 6.45) is 5.63. The van der Waals surface area contributed by atoms with Gasteiger partial charge in [-0.3, -0.25) is 19.7 Å². The van der Waals surface area contributed by atoms with E-state index < -0.39 is 0 Å². The zero-order valence-electron chi connectivity index (χ0n) is 13.6. The van der Waals surface area contributed by atoms with Gasteiger partial charge in [0.2, 0.25) is 0 Å². The summed E-state index contributed by atoms with van der Waals surface area (Å²) in [6.45, 7) is 3.63. The van der Waals surface area contributed by atoms with Crippen molar-refractivity contribution in [2.75, 3.05) is 6.54 Å². The zero-order valence-corrected chi connectivity index (χ0v) is 13.6. The number of para-hydroxylation sites is 1. The lowest BCUT2D eigenvalue weighted by atomic mass is 10.2. The third kappa shape index (κ3) is 2.80. The van der Waals surface area contributed by atoms with E-state index in [-0.39, 0.29) is 11.6 Å². The van der Waals surface area contributed by atoms with E-state index >= 15 is 0 Å². The van der Waals surface area contributed by atoms with Crippen molar-refractivity contribution in [3.8, 4) is 0 Å². The van der Waals surface area contributed by atoms with Crippen molar-refractivity contribution in [1.82, 2.24) is 24.8 Å². The highest BCUT2D eigenvalue weighted by Gasteiger charge is 2.28. The van der Waals surface area contributed by atoms with Crippen LogP contribution in [-0.4, -0.2) is 31.4 Å². The van der Waals surface area contributed by atoms with Gasteiger partial charge in [-0.2, -0.15) is 0 Å². The minimum absolute atomic E-state index is 0.0715. The molecule has 24 heavy (non-hydrogen) atoms. The predicted octanol–water partition coefficient (Wildman–Crippen LogP) is 2.36. The monoisotopic (exact) mass is 321 g/mol. The van der Waals surface area contributed by atoms with Gasteiger partial charge in [0.05, 0.1) is 28.3 Å². The zero-order chi connectivity index (χ0) is 16.5. The number of aromatic nitrogens is 4. The number of nitrogens with zero attached hydrogens (tertiary/aromatic N) is 4. The number of nitrogens with one attached hydrogen (secondary N) is 1. The quantitative estimate of drug-likeness (QED) is 0.801. The van der Waals surface area contributed by atoms with Gasteiger partial charge in [0, 0.05) is 18.9 Å². The molecular formula is C18H19N5O. The normalized spacial score (nSPS) is 18.3. The van der Waals surface area contributed by atoms with Crippen LogP contribution in [0.4, 0.5) is 0 Å². The number of aromatic amines is 1. The molecule has 2 aromatic heterocycles. The highest BCUT2D eigenvalue weighted by atomic mass is 16.1. The molecule has 1 atom stereocenters. The van der Waals surface area contributed by atoms with Crippen LogP contribution in [0.15, 0.2) is 41.5 Å². The summed E-state index contributed by atoms with van der Waals surface area (Å²) in [5.74, 6) is 0.747. The van der Waals surface area contributed by atoms with E-state index in [4.69, 9.17) is 4.98 Å². The highest BCUT2D eigenvalue weighted by molar-refractivity contribution is 5.77. The Labute approximate surface area is 139 Å². The molecule has 0 saturated carbocycles. The summed E-state index contributed by atoms with van der Waals surface area (Å²) in [6, 6.07) is 7.58. The van der Waals surface area contributed by atoms with Crippen LogP contribution in [-0.2, 0) is 6.54 Å². The lowest BCUT2D eigenvalue weighted by Gasteiger charge is -2.23. The van der Waals surface area contributed by atoms with Gasteiger partial charge in [-0.25, -0.2) is 4.98 Å². The lowest BCUT2D eigenvalue weighted by Crippen LogP contribution is -2.26. The Balaban J connectivity index is 1.66. The summed E-state index contributed by atoms with van der Waals surface area (Å²) in [4.78, 5) is 31.1. The Hall–Kier alpha value is -2.60. The van der Waals surface area contributed by atoms with Crippen LogP contribution in [0.3, 0.4) is 0 Å². The van der Waals surface area contributed by atoms with Gasteiger partial charge in [-0.15, -0.1) is 0 Å². The number of hydrogen-bond donors (Lipinski definition) is 1. The Kier molecular flexibility index (Phi) is 3.82. The van der Waals surface area contributed by atoms with E-state index in [0.717, 1.165) is 48.7 Å². The van der Waals surface area contributed by atoms with E-state index in [1.54, 1.807) is 18.5 Å². The molecule has 3 heterocycles. The lowest BCUT2D eigenvalue weighted by molar-refractivity contribution is 0.236. The topological polar surface area (TPSA) is 74.8 Å². The molecule has 1 aromatic carbocycles. The first-order valence-electron chi connectivity index (χ1n) is 8.21. The minimum Gasteiger partial charge on any atom is -0.309 e. The fraction of sp³-hybridized carbons (Fsp3) is 0.333. The summed E-state index contributed by atoms with van der Waals surface area (Å²) in [5.41, 5.74) is 2.54. The second kappa shape index (κ2) is 6.13. The van der Waals surface area contributed by atoms with Crippen LogP contribution in [0.25, 0.3) is 10.9 Å². The average molecular weight is 321 g/mol. The molecule has 1 fully saturated rings. The first-order chi connectivity index (χ1) is 11.7. The maximum atomic E-state index is 12.3. The van der Waals surface area contributed by atoms with Crippen molar-refractivity contribution < 1.29 is 0 Å².